The SMILES string of the molecule is CCCNC(=O)CCNC(=NCC1CCCOC1C(C)(C)C)NCC. The fourth-order valence-electron chi connectivity index (χ4n) is 3.18. The first kappa shape index (κ1) is 21.7. The summed E-state index contributed by atoms with van der Waals surface area (Å²) in [4.78, 5) is 16.4. The maximum Gasteiger partial charge on any atom is 0.221 e. The Morgan fingerprint density at radius 1 is 1.16 bits per heavy atom. The first-order valence-corrected chi connectivity index (χ1v) is 9.79. The van der Waals surface area contributed by atoms with Crippen molar-refractivity contribution in [3.63, 3.8) is 0 Å². The van der Waals surface area contributed by atoms with Crippen LogP contribution in [0.25, 0.3) is 0 Å². The number of hydrogen-bond acceptors (Lipinski definition) is 3. The lowest BCUT2D eigenvalue weighted by atomic mass is 9.78. The molecule has 0 spiro atoms. The summed E-state index contributed by atoms with van der Waals surface area (Å²) in [5.74, 6) is 1.31. The molecular weight excluding hydrogens is 316 g/mol. The number of guanidine groups is 1. The number of nitrogens with zero attached hydrogens (tertiary/aromatic N) is 1. The molecule has 1 fully saturated rings. The number of aliphatic imine (C=N–C) groups is 1. The zero-order chi connectivity index (χ0) is 18.7. The normalized spacial score (nSPS) is 21.7. The molecule has 1 heterocycles. The maximum atomic E-state index is 11.7. The zero-order valence-corrected chi connectivity index (χ0v) is 16.8. The van der Waals surface area contributed by atoms with Gasteiger partial charge in [-0.25, -0.2) is 0 Å². The van der Waals surface area contributed by atoms with E-state index < -0.39 is 0 Å². The van der Waals surface area contributed by atoms with E-state index in [9.17, 15) is 4.79 Å². The van der Waals surface area contributed by atoms with E-state index in [0.29, 0.717) is 18.9 Å². The number of carbonyl (C=O) groups excluding carboxylic acids is 1. The van der Waals surface area contributed by atoms with Gasteiger partial charge in [-0.2, -0.15) is 0 Å². The van der Waals surface area contributed by atoms with Crippen LogP contribution in [-0.4, -0.2) is 50.8 Å². The fraction of sp³-hybridized carbons (Fsp3) is 0.895. The summed E-state index contributed by atoms with van der Waals surface area (Å²) in [6.45, 7) is 14.5. The highest BCUT2D eigenvalue weighted by molar-refractivity contribution is 5.81. The zero-order valence-electron chi connectivity index (χ0n) is 16.8. The molecule has 0 radical (unpaired) electrons. The molecule has 1 aliphatic heterocycles. The second-order valence-corrected chi connectivity index (χ2v) is 7.81. The molecule has 3 N–H and O–H groups in total. The Morgan fingerprint density at radius 2 is 1.92 bits per heavy atom. The summed E-state index contributed by atoms with van der Waals surface area (Å²) in [5.41, 5.74) is 0.129. The lowest BCUT2D eigenvalue weighted by molar-refractivity contribution is -0.120. The highest BCUT2D eigenvalue weighted by atomic mass is 16.5. The summed E-state index contributed by atoms with van der Waals surface area (Å²) in [6, 6.07) is 0. The second-order valence-electron chi connectivity index (χ2n) is 7.81. The number of hydrogen-bond donors (Lipinski definition) is 3. The highest BCUT2D eigenvalue weighted by Gasteiger charge is 2.35. The van der Waals surface area contributed by atoms with Crippen LogP contribution < -0.4 is 16.0 Å². The third kappa shape index (κ3) is 8.56. The van der Waals surface area contributed by atoms with Gasteiger partial charge < -0.3 is 20.7 Å². The molecule has 0 aromatic carbocycles. The van der Waals surface area contributed by atoms with Crippen LogP contribution in [0.3, 0.4) is 0 Å². The molecule has 1 aliphatic rings. The lowest BCUT2D eigenvalue weighted by Gasteiger charge is -2.39. The van der Waals surface area contributed by atoms with Gasteiger partial charge in [-0.3, -0.25) is 9.79 Å². The van der Waals surface area contributed by atoms with E-state index in [0.717, 1.165) is 51.5 Å². The molecule has 0 aromatic heterocycles. The molecule has 0 bridgehead atoms. The van der Waals surface area contributed by atoms with Crippen LogP contribution in [0.15, 0.2) is 4.99 Å². The fourth-order valence-corrected chi connectivity index (χ4v) is 3.18. The third-order valence-corrected chi connectivity index (χ3v) is 4.34. The largest absolute Gasteiger partial charge is 0.377 e. The molecule has 6 nitrogen and oxygen atoms in total. The smallest absolute Gasteiger partial charge is 0.221 e. The molecule has 1 saturated heterocycles. The van der Waals surface area contributed by atoms with Crippen molar-refractivity contribution in [3.8, 4) is 0 Å². The summed E-state index contributed by atoms with van der Waals surface area (Å²) >= 11 is 0. The second kappa shape index (κ2) is 11.3. The van der Waals surface area contributed by atoms with Gasteiger partial charge in [0.2, 0.25) is 5.91 Å². The highest BCUT2D eigenvalue weighted by Crippen LogP contribution is 2.34. The van der Waals surface area contributed by atoms with Crippen LogP contribution in [0.5, 0.6) is 0 Å². The standard InChI is InChI=1S/C19H38N4O2/c1-6-11-21-16(24)10-12-22-18(20-7-2)23-14-15-9-8-13-25-17(15)19(3,4)5/h15,17H,6-14H2,1-5H3,(H,21,24)(H2,20,22,23). The van der Waals surface area contributed by atoms with E-state index in [2.05, 4.69) is 36.7 Å². The maximum absolute atomic E-state index is 11.7. The first-order valence-electron chi connectivity index (χ1n) is 9.79. The van der Waals surface area contributed by atoms with Crippen LogP contribution in [0.4, 0.5) is 0 Å². The van der Waals surface area contributed by atoms with Crippen LogP contribution in [-0.2, 0) is 9.53 Å². The quantitative estimate of drug-likeness (QED) is 0.462. The van der Waals surface area contributed by atoms with Gasteiger partial charge in [0.1, 0.15) is 0 Å². The van der Waals surface area contributed by atoms with Crippen molar-refractivity contribution >= 4 is 11.9 Å². The average molecular weight is 355 g/mol. The Hall–Kier alpha value is -1.30. The van der Waals surface area contributed by atoms with Crippen molar-refractivity contribution in [2.45, 2.75) is 66.4 Å². The molecule has 0 aromatic rings. The molecule has 2 atom stereocenters. The van der Waals surface area contributed by atoms with Gasteiger partial charge in [0, 0.05) is 45.1 Å². The van der Waals surface area contributed by atoms with Gasteiger partial charge in [0.15, 0.2) is 5.96 Å². The summed E-state index contributed by atoms with van der Waals surface area (Å²) < 4.78 is 6.03. The van der Waals surface area contributed by atoms with Gasteiger partial charge in [0.25, 0.3) is 0 Å². The van der Waals surface area contributed by atoms with E-state index >= 15 is 0 Å². The molecule has 25 heavy (non-hydrogen) atoms. The number of ether oxygens (including phenoxy) is 1. The topological polar surface area (TPSA) is 74.8 Å². The van der Waals surface area contributed by atoms with E-state index in [1.807, 2.05) is 13.8 Å². The van der Waals surface area contributed by atoms with Crippen molar-refractivity contribution in [1.82, 2.24) is 16.0 Å². The minimum absolute atomic E-state index is 0.0821. The van der Waals surface area contributed by atoms with Crippen molar-refractivity contribution in [2.24, 2.45) is 16.3 Å². The molecule has 1 amide bonds. The van der Waals surface area contributed by atoms with Crippen LogP contribution >= 0.6 is 0 Å². The molecule has 0 saturated carbocycles. The Bertz CT molecular complexity index is 418. The van der Waals surface area contributed by atoms with E-state index in [1.165, 1.54) is 0 Å². The number of nitrogens with one attached hydrogen (secondary N) is 3. The van der Waals surface area contributed by atoms with E-state index in [-0.39, 0.29) is 17.4 Å². The molecular formula is C19H38N4O2. The first-order chi connectivity index (χ1) is 11.9. The van der Waals surface area contributed by atoms with Gasteiger partial charge >= 0.3 is 0 Å². The minimum Gasteiger partial charge on any atom is -0.377 e. The van der Waals surface area contributed by atoms with Gasteiger partial charge in [-0.05, 0) is 31.6 Å². The molecule has 1 rings (SSSR count). The van der Waals surface area contributed by atoms with Crippen LogP contribution in [0.2, 0.25) is 0 Å². The molecule has 6 heteroatoms. The number of amides is 1. The third-order valence-electron chi connectivity index (χ3n) is 4.34. The van der Waals surface area contributed by atoms with E-state index in [4.69, 9.17) is 9.73 Å². The Kier molecular flexibility index (Phi) is 9.86. The van der Waals surface area contributed by atoms with Gasteiger partial charge in [-0.1, -0.05) is 27.7 Å². The molecule has 0 aliphatic carbocycles. The monoisotopic (exact) mass is 354 g/mol. The van der Waals surface area contributed by atoms with Crippen molar-refractivity contribution in [2.75, 3.05) is 32.8 Å². The molecule has 2 unspecified atom stereocenters. The van der Waals surface area contributed by atoms with Crippen LogP contribution in [0.1, 0.15) is 60.3 Å². The van der Waals surface area contributed by atoms with Crippen molar-refractivity contribution < 1.29 is 9.53 Å². The van der Waals surface area contributed by atoms with Crippen LogP contribution in [0, 0.1) is 11.3 Å². The predicted molar refractivity (Wildman–Crippen MR) is 104 cm³/mol. The number of carbonyl (C=O) groups is 1. The Labute approximate surface area is 153 Å². The predicted octanol–water partition coefficient (Wildman–Crippen LogP) is 2.30. The average Bonchev–Trinajstić information content (AvgIpc) is 2.57. The minimum atomic E-state index is 0.0821. The summed E-state index contributed by atoms with van der Waals surface area (Å²) in [6.07, 6.45) is 3.93. The van der Waals surface area contributed by atoms with Gasteiger partial charge in [-0.15, -0.1) is 0 Å². The lowest BCUT2D eigenvalue weighted by Crippen LogP contribution is -2.43. The van der Waals surface area contributed by atoms with E-state index in [1.54, 1.807) is 0 Å². The number of rotatable bonds is 8. The Balaban J connectivity index is 2.51. The van der Waals surface area contributed by atoms with Gasteiger partial charge in [0.05, 0.1) is 6.10 Å². The molecule has 146 valence electrons. The van der Waals surface area contributed by atoms with Crippen molar-refractivity contribution in [1.29, 1.82) is 0 Å². The Morgan fingerprint density at radius 3 is 2.56 bits per heavy atom. The van der Waals surface area contributed by atoms with Crippen molar-refractivity contribution in [3.05, 3.63) is 0 Å². The summed E-state index contributed by atoms with van der Waals surface area (Å²) in [5, 5.41) is 9.41. The summed E-state index contributed by atoms with van der Waals surface area (Å²) in [7, 11) is 0.